The molecule has 0 spiro atoms. The third-order valence-corrected chi connectivity index (χ3v) is 3.61. The molecule has 1 N–H and O–H groups in total. The normalized spacial score (nSPS) is 12.6. The summed E-state index contributed by atoms with van der Waals surface area (Å²) >= 11 is 3.43. The number of benzene rings is 1. The molecule has 0 aliphatic rings. The van der Waals surface area contributed by atoms with Crippen molar-refractivity contribution in [2.24, 2.45) is 7.05 Å². The molecule has 0 fully saturated rings. The topological polar surface area (TPSA) is 29.9 Å². The van der Waals surface area contributed by atoms with Crippen LogP contribution >= 0.6 is 15.9 Å². The molecule has 0 aliphatic heterocycles. The fraction of sp³-hybridized carbons (Fsp3) is 0.357. The molecule has 1 aromatic heterocycles. The van der Waals surface area contributed by atoms with Crippen LogP contribution in [0.2, 0.25) is 0 Å². The summed E-state index contributed by atoms with van der Waals surface area (Å²) in [6, 6.07) is 6.69. The van der Waals surface area contributed by atoms with E-state index in [2.05, 4.69) is 33.3 Å². The molecule has 1 unspecified atom stereocenters. The van der Waals surface area contributed by atoms with Crippen LogP contribution in [0.15, 0.2) is 34.9 Å². The highest BCUT2D eigenvalue weighted by atomic mass is 79.9. The Bertz CT molecular complexity index is 533. The van der Waals surface area contributed by atoms with Gasteiger partial charge in [0.25, 0.3) is 0 Å². The number of rotatable bonds is 5. The van der Waals surface area contributed by atoms with Crippen LogP contribution in [0.1, 0.15) is 30.6 Å². The molecule has 0 saturated heterocycles. The van der Waals surface area contributed by atoms with Gasteiger partial charge in [-0.15, -0.1) is 0 Å². The van der Waals surface area contributed by atoms with Crippen LogP contribution in [0.5, 0.6) is 0 Å². The molecule has 1 aromatic carbocycles. The van der Waals surface area contributed by atoms with E-state index in [0.717, 1.165) is 23.1 Å². The number of aryl methyl sites for hydroxylation is 1. The van der Waals surface area contributed by atoms with Crippen molar-refractivity contribution in [3.05, 3.63) is 52.0 Å². The van der Waals surface area contributed by atoms with Crippen LogP contribution in [-0.4, -0.2) is 16.3 Å². The number of hydrogen-bond acceptors (Lipinski definition) is 2. The van der Waals surface area contributed by atoms with Crippen molar-refractivity contribution in [3.8, 4) is 0 Å². The summed E-state index contributed by atoms with van der Waals surface area (Å²) in [5.74, 6) is -0.228. The molecule has 0 radical (unpaired) electrons. The quantitative estimate of drug-likeness (QED) is 0.912. The molecular formula is C14H17BrFN3. The van der Waals surface area contributed by atoms with E-state index in [4.69, 9.17) is 0 Å². The van der Waals surface area contributed by atoms with E-state index in [-0.39, 0.29) is 11.9 Å². The first-order valence-corrected chi connectivity index (χ1v) is 7.09. The highest BCUT2D eigenvalue weighted by Gasteiger charge is 2.21. The molecule has 0 aliphatic carbocycles. The number of nitrogens with one attached hydrogen (secondary N) is 1. The van der Waals surface area contributed by atoms with Gasteiger partial charge in [0, 0.05) is 23.3 Å². The maximum Gasteiger partial charge on any atom is 0.129 e. The number of halogens is 2. The van der Waals surface area contributed by atoms with Crippen molar-refractivity contribution in [2.45, 2.75) is 19.4 Å². The van der Waals surface area contributed by atoms with E-state index in [9.17, 15) is 4.39 Å². The summed E-state index contributed by atoms with van der Waals surface area (Å²) in [5.41, 5.74) is 1.43. The van der Waals surface area contributed by atoms with Gasteiger partial charge in [0.05, 0.1) is 11.7 Å². The van der Waals surface area contributed by atoms with Gasteiger partial charge in [0.15, 0.2) is 0 Å². The lowest BCUT2D eigenvalue weighted by Gasteiger charge is -2.19. The molecule has 0 amide bonds. The van der Waals surface area contributed by atoms with Gasteiger partial charge in [0.2, 0.25) is 0 Å². The van der Waals surface area contributed by atoms with Crippen LogP contribution in [0, 0.1) is 5.82 Å². The van der Waals surface area contributed by atoms with Gasteiger partial charge in [-0.25, -0.2) is 4.39 Å². The maximum absolute atomic E-state index is 14.1. The van der Waals surface area contributed by atoms with Crippen LogP contribution in [0.25, 0.3) is 0 Å². The van der Waals surface area contributed by atoms with Crippen molar-refractivity contribution in [1.29, 1.82) is 0 Å². The Morgan fingerprint density at radius 1 is 1.42 bits per heavy atom. The summed E-state index contributed by atoms with van der Waals surface area (Å²) in [5, 5.41) is 7.74. The molecule has 19 heavy (non-hydrogen) atoms. The second-order valence-corrected chi connectivity index (χ2v) is 5.29. The van der Waals surface area contributed by atoms with E-state index < -0.39 is 0 Å². The molecule has 2 rings (SSSR count). The third kappa shape index (κ3) is 3.22. The first-order valence-electron chi connectivity index (χ1n) is 6.30. The SMILES string of the molecule is CCCNC(c1ccn(C)n1)c1c(F)cccc1Br. The van der Waals surface area contributed by atoms with Crippen molar-refractivity contribution in [3.63, 3.8) is 0 Å². The molecule has 0 saturated carbocycles. The minimum atomic E-state index is -0.239. The van der Waals surface area contributed by atoms with Crippen molar-refractivity contribution in [1.82, 2.24) is 15.1 Å². The predicted octanol–water partition coefficient (Wildman–Crippen LogP) is 3.41. The van der Waals surface area contributed by atoms with E-state index in [0.29, 0.717) is 5.56 Å². The highest BCUT2D eigenvalue weighted by molar-refractivity contribution is 9.10. The summed E-state index contributed by atoms with van der Waals surface area (Å²) in [6.07, 6.45) is 2.85. The second-order valence-electron chi connectivity index (χ2n) is 4.44. The minimum absolute atomic E-state index is 0.228. The van der Waals surface area contributed by atoms with E-state index in [1.54, 1.807) is 10.7 Å². The first-order chi connectivity index (χ1) is 9.13. The molecular weight excluding hydrogens is 309 g/mol. The smallest absolute Gasteiger partial charge is 0.129 e. The van der Waals surface area contributed by atoms with Crippen LogP contribution in [0.3, 0.4) is 0 Å². The molecule has 5 heteroatoms. The Morgan fingerprint density at radius 2 is 2.21 bits per heavy atom. The zero-order chi connectivity index (χ0) is 13.8. The molecule has 1 atom stereocenters. The van der Waals surface area contributed by atoms with Gasteiger partial charge in [0.1, 0.15) is 5.82 Å². The fourth-order valence-corrected chi connectivity index (χ4v) is 2.59. The Morgan fingerprint density at radius 3 is 2.79 bits per heavy atom. The molecule has 3 nitrogen and oxygen atoms in total. The van der Waals surface area contributed by atoms with Gasteiger partial charge in [-0.1, -0.05) is 28.9 Å². The fourth-order valence-electron chi connectivity index (χ4n) is 2.02. The lowest BCUT2D eigenvalue weighted by Crippen LogP contribution is -2.25. The largest absolute Gasteiger partial charge is 0.305 e. The van der Waals surface area contributed by atoms with Crippen molar-refractivity contribution < 1.29 is 4.39 Å². The zero-order valence-corrected chi connectivity index (χ0v) is 12.6. The Balaban J connectivity index is 2.42. The summed E-state index contributed by atoms with van der Waals surface area (Å²) < 4.78 is 16.6. The Kier molecular flexibility index (Phi) is 4.71. The van der Waals surface area contributed by atoms with Crippen LogP contribution in [0.4, 0.5) is 4.39 Å². The lowest BCUT2D eigenvalue weighted by molar-refractivity contribution is 0.532. The Hall–Kier alpha value is -1.20. The maximum atomic E-state index is 14.1. The number of nitrogens with zero attached hydrogens (tertiary/aromatic N) is 2. The summed E-state index contributed by atoms with van der Waals surface area (Å²) in [6.45, 7) is 2.89. The van der Waals surface area contributed by atoms with Gasteiger partial charge < -0.3 is 5.32 Å². The predicted molar refractivity (Wildman–Crippen MR) is 77.4 cm³/mol. The van der Waals surface area contributed by atoms with Crippen LogP contribution < -0.4 is 5.32 Å². The zero-order valence-electron chi connectivity index (χ0n) is 11.0. The van der Waals surface area contributed by atoms with Gasteiger partial charge in [-0.05, 0) is 31.2 Å². The summed E-state index contributed by atoms with van der Waals surface area (Å²) in [7, 11) is 1.86. The van der Waals surface area contributed by atoms with Gasteiger partial charge in [-0.2, -0.15) is 5.10 Å². The molecule has 1 heterocycles. The first kappa shape index (κ1) is 14.2. The number of hydrogen-bond donors (Lipinski definition) is 1. The second kappa shape index (κ2) is 6.30. The molecule has 0 bridgehead atoms. The van der Waals surface area contributed by atoms with Crippen molar-refractivity contribution >= 4 is 15.9 Å². The summed E-state index contributed by atoms with van der Waals surface area (Å²) in [4.78, 5) is 0. The average Bonchev–Trinajstić information content (AvgIpc) is 2.79. The van der Waals surface area contributed by atoms with Crippen molar-refractivity contribution in [2.75, 3.05) is 6.54 Å². The van der Waals surface area contributed by atoms with E-state index in [1.807, 2.05) is 25.4 Å². The minimum Gasteiger partial charge on any atom is -0.305 e. The average molecular weight is 326 g/mol. The Labute approximate surface area is 121 Å². The molecule has 102 valence electrons. The van der Waals surface area contributed by atoms with Gasteiger partial charge in [-0.3, -0.25) is 4.68 Å². The monoisotopic (exact) mass is 325 g/mol. The van der Waals surface area contributed by atoms with Crippen LogP contribution in [-0.2, 0) is 7.05 Å². The number of aromatic nitrogens is 2. The third-order valence-electron chi connectivity index (χ3n) is 2.92. The highest BCUT2D eigenvalue weighted by Crippen LogP contribution is 2.30. The lowest BCUT2D eigenvalue weighted by atomic mass is 10.0. The standard InChI is InChI=1S/C14H17BrFN3/c1-3-8-17-14(12-7-9-19(2)18-12)13-10(15)5-4-6-11(13)16/h4-7,9,14,17H,3,8H2,1-2H3. The van der Waals surface area contributed by atoms with E-state index in [1.165, 1.54) is 6.07 Å². The molecule has 2 aromatic rings. The van der Waals surface area contributed by atoms with E-state index >= 15 is 0 Å². The van der Waals surface area contributed by atoms with Gasteiger partial charge >= 0.3 is 0 Å².